The van der Waals surface area contributed by atoms with E-state index < -0.39 is 18.0 Å². The Morgan fingerprint density at radius 2 is 1.57 bits per heavy atom. The van der Waals surface area contributed by atoms with Crippen molar-refractivity contribution in [2.45, 2.75) is 46.6 Å². The van der Waals surface area contributed by atoms with Gasteiger partial charge in [-0.05, 0) is 57.0 Å². The van der Waals surface area contributed by atoms with Crippen molar-refractivity contribution in [3.63, 3.8) is 0 Å². The first-order chi connectivity index (χ1) is 20.0. The first-order valence-electron chi connectivity index (χ1n) is 14.0. The van der Waals surface area contributed by atoms with E-state index in [1.165, 1.54) is 12.0 Å². The highest BCUT2D eigenvalue weighted by Gasteiger charge is 2.22. The molecule has 0 aliphatic rings. The molecule has 2 aromatic carbocycles. The minimum atomic E-state index is -0.957. The Morgan fingerprint density at radius 3 is 2.17 bits per heavy atom. The van der Waals surface area contributed by atoms with Gasteiger partial charge in [-0.2, -0.15) is 0 Å². The summed E-state index contributed by atoms with van der Waals surface area (Å²) >= 11 is 0. The van der Waals surface area contributed by atoms with Crippen molar-refractivity contribution in [2.24, 2.45) is 0 Å². The number of benzene rings is 2. The van der Waals surface area contributed by atoms with Crippen molar-refractivity contribution in [1.82, 2.24) is 14.7 Å². The van der Waals surface area contributed by atoms with Crippen LogP contribution < -0.4 is 15.4 Å². The summed E-state index contributed by atoms with van der Waals surface area (Å²) in [6.45, 7) is 9.04. The molecule has 0 aliphatic carbocycles. The summed E-state index contributed by atoms with van der Waals surface area (Å²) in [6.07, 6.45) is 3.70. The Hall–Kier alpha value is -4.54. The molecule has 1 atom stereocenters. The van der Waals surface area contributed by atoms with E-state index in [2.05, 4.69) is 10.6 Å². The second-order valence-corrected chi connectivity index (χ2v) is 9.89. The van der Waals surface area contributed by atoms with Crippen molar-refractivity contribution in [3.05, 3.63) is 65.7 Å². The predicted octanol–water partition coefficient (Wildman–Crippen LogP) is 4.83. The third-order valence-electron chi connectivity index (χ3n) is 6.90. The summed E-state index contributed by atoms with van der Waals surface area (Å²) in [5.41, 5.74) is 2.87. The topological polar surface area (TPSA) is 132 Å². The maximum absolute atomic E-state index is 13.0. The maximum Gasteiger partial charge on any atom is 0.323 e. The number of nitrogens with one attached hydrogen (secondary N) is 2. The van der Waals surface area contributed by atoms with Gasteiger partial charge in [0.15, 0.2) is 0 Å². The number of para-hydroxylation sites is 1. The molecule has 2 aromatic rings. The van der Waals surface area contributed by atoms with Crippen LogP contribution in [0, 0.1) is 6.92 Å². The number of aryl methyl sites for hydroxylation is 1. The van der Waals surface area contributed by atoms with Gasteiger partial charge in [-0.15, -0.1) is 0 Å². The number of ether oxygens (including phenoxy) is 1. The Kier molecular flexibility index (Phi) is 13.4. The van der Waals surface area contributed by atoms with Gasteiger partial charge in [0, 0.05) is 45.0 Å². The molecule has 0 aromatic heterocycles. The number of amides is 5. The van der Waals surface area contributed by atoms with Crippen molar-refractivity contribution in [3.8, 4) is 5.75 Å². The summed E-state index contributed by atoms with van der Waals surface area (Å²) in [4.78, 5) is 54.0. The average Bonchev–Trinajstić information content (AvgIpc) is 2.95. The van der Waals surface area contributed by atoms with Crippen molar-refractivity contribution < 1.29 is 29.0 Å². The molecule has 0 heterocycles. The van der Waals surface area contributed by atoms with Crippen LogP contribution in [-0.2, 0) is 16.0 Å². The van der Waals surface area contributed by atoms with Crippen molar-refractivity contribution in [2.75, 3.05) is 51.0 Å². The van der Waals surface area contributed by atoms with Gasteiger partial charge in [-0.1, -0.05) is 36.4 Å². The minimum absolute atomic E-state index is 0.0761. The van der Waals surface area contributed by atoms with E-state index in [4.69, 9.17) is 9.84 Å². The number of carboxylic acid groups (broad SMARTS) is 1. The van der Waals surface area contributed by atoms with E-state index in [1.807, 2.05) is 57.2 Å². The molecule has 0 saturated carbocycles. The van der Waals surface area contributed by atoms with Crippen molar-refractivity contribution in [1.29, 1.82) is 0 Å². The molecule has 11 heteroatoms. The van der Waals surface area contributed by atoms with Crippen LogP contribution in [0.5, 0.6) is 5.75 Å². The SMILES string of the molecule is CCN(CC=CCN(CC)C(=O)N(C)C(C)CC(=O)O)C(=O)Cc1ccc(NC(=O)Nc2ccccc2C)c(OC)c1. The Bertz CT molecular complexity index is 1260. The van der Waals surface area contributed by atoms with Crippen LogP contribution >= 0.6 is 0 Å². The van der Waals surface area contributed by atoms with Gasteiger partial charge in [-0.25, -0.2) is 9.59 Å². The van der Waals surface area contributed by atoms with E-state index in [-0.39, 0.29) is 24.8 Å². The summed E-state index contributed by atoms with van der Waals surface area (Å²) in [6, 6.07) is 11.6. The Balaban J connectivity index is 1.95. The van der Waals surface area contributed by atoms with Crippen LogP contribution in [0.1, 0.15) is 38.3 Å². The molecule has 3 N–H and O–H groups in total. The molecule has 11 nitrogen and oxygen atoms in total. The highest BCUT2D eigenvalue weighted by Crippen LogP contribution is 2.26. The Labute approximate surface area is 248 Å². The lowest BCUT2D eigenvalue weighted by Crippen LogP contribution is -2.45. The molecule has 0 saturated heterocycles. The molecule has 0 fully saturated rings. The summed E-state index contributed by atoms with van der Waals surface area (Å²) in [7, 11) is 3.10. The van der Waals surface area contributed by atoms with Gasteiger partial charge in [0.2, 0.25) is 5.91 Å². The Morgan fingerprint density at radius 1 is 0.952 bits per heavy atom. The van der Waals surface area contributed by atoms with Gasteiger partial charge >= 0.3 is 18.0 Å². The molecule has 0 spiro atoms. The molecular formula is C31H43N5O6. The third-order valence-corrected chi connectivity index (χ3v) is 6.90. The number of carbonyl (C=O) groups excluding carboxylic acids is 3. The van der Waals surface area contributed by atoms with E-state index >= 15 is 0 Å². The van der Waals surface area contributed by atoms with E-state index in [1.54, 1.807) is 42.0 Å². The lowest BCUT2D eigenvalue weighted by atomic mass is 10.1. The number of nitrogens with zero attached hydrogens (tertiary/aromatic N) is 3. The quantitative estimate of drug-likeness (QED) is 0.274. The number of aliphatic carboxylic acids is 1. The smallest absolute Gasteiger partial charge is 0.323 e. The summed E-state index contributed by atoms with van der Waals surface area (Å²) in [5, 5.41) is 14.6. The van der Waals surface area contributed by atoms with Crippen LogP contribution in [0.3, 0.4) is 0 Å². The number of carboxylic acids is 1. The molecule has 42 heavy (non-hydrogen) atoms. The van der Waals surface area contributed by atoms with Gasteiger partial charge in [0.05, 0.1) is 25.6 Å². The minimum Gasteiger partial charge on any atom is -0.495 e. The molecule has 0 aliphatic heterocycles. The van der Waals surface area contributed by atoms with E-state index in [0.29, 0.717) is 43.3 Å². The standard InChI is InChI=1S/C31H43N5O6/c1-7-35(17-11-12-18-36(8-2)31(41)34(5)23(4)19-29(38)39)28(37)21-24-15-16-26(27(20-24)42-6)33-30(40)32-25-14-10-9-13-22(25)3/h9-16,20,23H,7-8,17-19,21H2,1-6H3,(H,38,39)(H2,32,33,40). The predicted molar refractivity (Wildman–Crippen MR) is 164 cm³/mol. The summed E-state index contributed by atoms with van der Waals surface area (Å²) < 4.78 is 5.47. The second-order valence-electron chi connectivity index (χ2n) is 9.89. The fraction of sp³-hybridized carbons (Fsp3) is 0.419. The van der Waals surface area contributed by atoms with Crippen LogP contribution in [0.15, 0.2) is 54.6 Å². The molecule has 0 bridgehead atoms. The number of methoxy groups -OCH3 is 1. The molecule has 0 radical (unpaired) electrons. The van der Waals surface area contributed by atoms with Crippen LogP contribution in [0.4, 0.5) is 21.0 Å². The maximum atomic E-state index is 13.0. The third kappa shape index (κ3) is 10.1. The fourth-order valence-electron chi connectivity index (χ4n) is 4.18. The highest BCUT2D eigenvalue weighted by molar-refractivity contribution is 6.01. The first-order valence-corrected chi connectivity index (χ1v) is 14.0. The number of urea groups is 2. The molecule has 228 valence electrons. The number of likely N-dealkylation sites (N-methyl/N-ethyl adjacent to an activating group) is 2. The molecule has 1 unspecified atom stereocenters. The van der Waals surface area contributed by atoms with E-state index in [0.717, 1.165) is 11.1 Å². The number of hydrogen-bond donors (Lipinski definition) is 3. The van der Waals surface area contributed by atoms with Gasteiger partial charge in [0.1, 0.15) is 5.75 Å². The zero-order valence-electron chi connectivity index (χ0n) is 25.3. The zero-order chi connectivity index (χ0) is 31.2. The number of rotatable bonds is 14. The molecule has 2 rings (SSSR count). The van der Waals surface area contributed by atoms with Crippen molar-refractivity contribution >= 4 is 35.3 Å². The lowest BCUT2D eigenvalue weighted by molar-refractivity contribution is -0.138. The number of hydrogen-bond acceptors (Lipinski definition) is 5. The number of carbonyl (C=O) groups is 4. The fourth-order valence-corrected chi connectivity index (χ4v) is 4.18. The first kappa shape index (κ1) is 33.7. The zero-order valence-corrected chi connectivity index (χ0v) is 25.3. The van der Waals surface area contributed by atoms with Crippen LogP contribution in [0.25, 0.3) is 0 Å². The van der Waals surface area contributed by atoms with E-state index in [9.17, 15) is 19.2 Å². The lowest BCUT2D eigenvalue weighted by Gasteiger charge is -2.30. The van der Waals surface area contributed by atoms with Gasteiger partial charge < -0.3 is 35.2 Å². The molecule has 5 amide bonds. The molecular weight excluding hydrogens is 538 g/mol. The number of anilines is 2. The van der Waals surface area contributed by atoms with Crippen LogP contribution in [0.2, 0.25) is 0 Å². The van der Waals surface area contributed by atoms with Gasteiger partial charge in [-0.3, -0.25) is 9.59 Å². The average molecular weight is 582 g/mol. The largest absolute Gasteiger partial charge is 0.495 e. The van der Waals surface area contributed by atoms with Gasteiger partial charge in [0.25, 0.3) is 0 Å². The normalized spacial score (nSPS) is 11.5. The van der Waals surface area contributed by atoms with Crippen LogP contribution in [-0.4, -0.2) is 90.1 Å². The highest BCUT2D eigenvalue weighted by atomic mass is 16.5. The summed E-state index contributed by atoms with van der Waals surface area (Å²) in [5.74, 6) is -0.593. The second kappa shape index (κ2) is 16.7. The monoisotopic (exact) mass is 581 g/mol.